The molecule has 4 aromatic rings. The Morgan fingerprint density at radius 1 is 0.737 bits per heavy atom. The fourth-order valence-electron chi connectivity index (χ4n) is 5.92. The van der Waals surface area contributed by atoms with Crippen LogP contribution in [0.25, 0.3) is 0 Å². The van der Waals surface area contributed by atoms with Crippen molar-refractivity contribution in [3.8, 4) is 23.3 Å². The van der Waals surface area contributed by atoms with E-state index in [1.165, 1.54) is 0 Å². The van der Waals surface area contributed by atoms with E-state index in [-0.39, 0.29) is 47.0 Å². The number of ether oxygens (including phenoxy) is 3. The van der Waals surface area contributed by atoms with E-state index in [1.807, 2.05) is 69.7 Å². The summed E-state index contributed by atoms with van der Waals surface area (Å²) in [6.07, 6.45) is 8.45. The van der Waals surface area contributed by atoms with Crippen molar-refractivity contribution in [3.05, 3.63) is 95.8 Å². The average Bonchev–Trinajstić information content (AvgIpc) is 3.19. The molecule has 0 atom stereocenters. The van der Waals surface area contributed by atoms with Crippen molar-refractivity contribution in [3.63, 3.8) is 0 Å². The monoisotopic (exact) mass is 822 g/mol. The molecule has 2 saturated heterocycles. The van der Waals surface area contributed by atoms with Gasteiger partial charge in [0.15, 0.2) is 0 Å². The molecule has 4 heterocycles. The van der Waals surface area contributed by atoms with E-state index in [4.69, 9.17) is 14.2 Å². The van der Waals surface area contributed by atoms with Gasteiger partial charge < -0.3 is 35.1 Å². The average molecular weight is 823 g/mol. The van der Waals surface area contributed by atoms with Gasteiger partial charge in [-0.25, -0.2) is 23.5 Å². The zero-order valence-electron chi connectivity index (χ0n) is 32.6. The van der Waals surface area contributed by atoms with Crippen molar-refractivity contribution in [2.75, 3.05) is 38.7 Å². The summed E-state index contributed by atoms with van der Waals surface area (Å²) in [4.78, 5) is 49.3. The molecule has 2 aliphatic rings. The van der Waals surface area contributed by atoms with Gasteiger partial charge in [-0.05, 0) is 121 Å². The molecule has 16 heteroatoms. The van der Waals surface area contributed by atoms with E-state index in [9.17, 15) is 23.2 Å². The lowest BCUT2D eigenvalue weighted by atomic mass is 10.0. The van der Waals surface area contributed by atoms with E-state index in [0.29, 0.717) is 37.4 Å². The standard InChI is InChI=1S/C23H28FN3O4S.C18H20FN3O2S/c1-23(2,3)31-22(29)27-10-8-16(9-11-27)26-20(28)19-12-15(24)14-25-21(19)30-17-6-5-7-18(13-17)32-4;1-25-15-4-2-3-14(10-15)24-18-16(9-12(19)11-21-18)17(23)22-13-5-7-20-8-6-13/h5-7,12-14,16H,8-11H2,1-4H3,(H,26,28);2-4,9-11,13,20H,5-8H2,1H3,(H,22,23). The number of amides is 3. The van der Waals surface area contributed by atoms with Crippen LogP contribution in [0, 0.1) is 11.6 Å². The quantitative estimate of drug-likeness (QED) is 0.134. The molecule has 0 radical (unpaired) electrons. The summed E-state index contributed by atoms with van der Waals surface area (Å²) >= 11 is 3.14. The first kappa shape index (κ1) is 43.2. The number of carbonyl (C=O) groups excluding carboxylic acids is 3. The van der Waals surface area contributed by atoms with Crippen molar-refractivity contribution >= 4 is 41.4 Å². The Morgan fingerprint density at radius 3 is 1.63 bits per heavy atom. The van der Waals surface area contributed by atoms with E-state index in [2.05, 4.69) is 25.9 Å². The first-order valence-electron chi connectivity index (χ1n) is 18.6. The van der Waals surface area contributed by atoms with E-state index < -0.39 is 23.1 Å². The summed E-state index contributed by atoms with van der Waals surface area (Å²) in [7, 11) is 0. The number of aromatic nitrogens is 2. The van der Waals surface area contributed by atoms with Gasteiger partial charge in [0.2, 0.25) is 11.8 Å². The fraction of sp³-hybridized carbons (Fsp3) is 0.390. The molecule has 2 aromatic carbocycles. The van der Waals surface area contributed by atoms with Crippen LogP contribution in [0.15, 0.2) is 82.8 Å². The van der Waals surface area contributed by atoms with Gasteiger partial charge >= 0.3 is 6.09 Å². The minimum absolute atomic E-state index is 0.0223. The van der Waals surface area contributed by atoms with Gasteiger partial charge in [-0.15, -0.1) is 23.5 Å². The van der Waals surface area contributed by atoms with E-state index in [1.54, 1.807) is 40.6 Å². The number of benzene rings is 2. The molecule has 2 aromatic heterocycles. The molecule has 2 aliphatic heterocycles. The van der Waals surface area contributed by atoms with Crippen LogP contribution >= 0.6 is 23.5 Å². The Bertz CT molecular complexity index is 2000. The number of pyridine rings is 2. The Kier molecular flexibility index (Phi) is 15.5. The van der Waals surface area contributed by atoms with Crippen molar-refractivity contribution in [2.24, 2.45) is 0 Å². The van der Waals surface area contributed by atoms with E-state index in [0.717, 1.165) is 60.2 Å². The number of rotatable bonds is 10. The van der Waals surface area contributed by atoms with Crippen LogP contribution in [0.3, 0.4) is 0 Å². The molecule has 0 bridgehead atoms. The molecular weight excluding hydrogens is 775 g/mol. The Hall–Kier alpha value is -4.93. The summed E-state index contributed by atoms with van der Waals surface area (Å²) in [6, 6.07) is 17.0. The van der Waals surface area contributed by atoms with Crippen molar-refractivity contribution < 1.29 is 37.4 Å². The van der Waals surface area contributed by atoms with Crippen LogP contribution in [-0.4, -0.2) is 89.2 Å². The normalized spacial score (nSPS) is 14.8. The number of piperidine rings is 2. The highest BCUT2D eigenvalue weighted by Crippen LogP contribution is 2.29. The number of hydrogen-bond donors (Lipinski definition) is 3. The number of halogens is 2. The second-order valence-corrected chi connectivity index (χ2v) is 16.0. The van der Waals surface area contributed by atoms with Crippen LogP contribution in [0.1, 0.15) is 67.2 Å². The highest BCUT2D eigenvalue weighted by atomic mass is 32.2. The van der Waals surface area contributed by atoms with Gasteiger partial charge in [-0.3, -0.25) is 9.59 Å². The van der Waals surface area contributed by atoms with Crippen molar-refractivity contribution in [1.82, 2.24) is 30.8 Å². The molecule has 3 amide bonds. The van der Waals surface area contributed by atoms with Crippen molar-refractivity contribution in [1.29, 1.82) is 0 Å². The number of nitrogens with zero attached hydrogens (tertiary/aromatic N) is 3. The molecule has 57 heavy (non-hydrogen) atoms. The smallest absolute Gasteiger partial charge is 0.410 e. The summed E-state index contributed by atoms with van der Waals surface area (Å²) in [5.74, 6) is -0.823. The molecule has 0 spiro atoms. The first-order valence-corrected chi connectivity index (χ1v) is 21.0. The minimum atomic E-state index is -0.625. The molecule has 0 aliphatic carbocycles. The van der Waals surface area contributed by atoms with E-state index >= 15 is 0 Å². The number of thioether (sulfide) groups is 2. The van der Waals surface area contributed by atoms with Gasteiger partial charge in [0, 0.05) is 35.0 Å². The number of hydrogen-bond acceptors (Lipinski definition) is 11. The molecule has 3 N–H and O–H groups in total. The van der Waals surface area contributed by atoms with Crippen LogP contribution in [0.4, 0.5) is 13.6 Å². The lowest BCUT2D eigenvalue weighted by Gasteiger charge is -2.33. The molecular formula is C41H48F2N6O6S2. The van der Waals surface area contributed by atoms with Crippen LogP contribution in [0.5, 0.6) is 23.3 Å². The lowest BCUT2D eigenvalue weighted by Crippen LogP contribution is -2.47. The number of likely N-dealkylation sites (tertiary alicyclic amines) is 1. The third-order valence-corrected chi connectivity index (χ3v) is 10.2. The fourth-order valence-corrected chi connectivity index (χ4v) is 6.82. The van der Waals surface area contributed by atoms with Crippen LogP contribution in [-0.2, 0) is 4.74 Å². The Morgan fingerprint density at radius 2 is 1.19 bits per heavy atom. The Balaban J connectivity index is 0.000000224. The molecule has 6 rings (SSSR count). The predicted octanol–water partition coefficient (Wildman–Crippen LogP) is 8.08. The third kappa shape index (κ3) is 13.3. The molecule has 304 valence electrons. The van der Waals surface area contributed by atoms with Gasteiger partial charge in [-0.2, -0.15) is 0 Å². The molecule has 12 nitrogen and oxygen atoms in total. The molecule has 0 unspecified atom stereocenters. The predicted molar refractivity (Wildman–Crippen MR) is 217 cm³/mol. The second-order valence-electron chi connectivity index (χ2n) is 14.3. The highest BCUT2D eigenvalue weighted by Gasteiger charge is 2.29. The second kappa shape index (κ2) is 20.5. The topological polar surface area (TPSA) is 144 Å². The maximum Gasteiger partial charge on any atom is 0.410 e. The van der Waals surface area contributed by atoms with Gasteiger partial charge in [0.25, 0.3) is 11.8 Å². The lowest BCUT2D eigenvalue weighted by molar-refractivity contribution is 0.0199. The molecule has 0 saturated carbocycles. The largest absolute Gasteiger partial charge is 0.444 e. The van der Waals surface area contributed by atoms with Gasteiger partial charge in [0.05, 0.1) is 12.4 Å². The summed E-state index contributed by atoms with van der Waals surface area (Å²) in [5.41, 5.74) is -0.430. The highest BCUT2D eigenvalue weighted by molar-refractivity contribution is 7.98. The minimum Gasteiger partial charge on any atom is -0.444 e. The first-order chi connectivity index (χ1) is 27.3. The Labute approximate surface area is 340 Å². The van der Waals surface area contributed by atoms with Crippen LogP contribution < -0.4 is 25.4 Å². The van der Waals surface area contributed by atoms with Gasteiger partial charge in [0.1, 0.15) is 39.9 Å². The number of nitrogens with one attached hydrogen (secondary N) is 3. The van der Waals surface area contributed by atoms with Crippen LogP contribution in [0.2, 0.25) is 0 Å². The number of carbonyl (C=O) groups is 3. The zero-order valence-corrected chi connectivity index (χ0v) is 34.2. The van der Waals surface area contributed by atoms with Gasteiger partial charge in [-0.1, -0.05) is 12.1 Å². The van der Waals surface area contributed by atoms with Crippen molar-refractivity contribution in [2.45, 2.75) is 73.9 Å². The maximum atomic E-state index is 13.9. The summed E-state index contributed by atoms with van der Waals surface area (Å²) in [5, 5.41) is 9.09. The SMILES string of the molecule is CSc1cccc(Oc2ncc(F)cc2C(=O)NC2CCN(C(=O)OC(C)(C)C)CC2)c1.CSc1cccc(Oc2ncc(F)cc2C(=O)NC2CCNCC2)c1. The maximum absolute atomic E-state index is 13.9. The molecule has 2 fully saturated rings. The third-order valence-electron chi connectivity index (χ3n) is 8.79. The summed E-state index contributed by atoms with van der Waals surface area (Å²) < 4.78 is 44.4. The summed E-state index contributed by atoms with van der Waals surface area (Å²) in [6.45, 7) is 8.11. The zero-order chi connectivity index (χ0) is 41.0.